The lowest BCUT2D eigenvalue weighted by Crippen LogP contribution is -2.06. The SMILES string of the molecule is Cc1ccc(Cl)c(F)c1C(=O)CBr. The number of hydrogen-bond acceptors (Lipinski definition) is 1. The molecule has 0 fully saturated rings. The predicted octanol–water partition coefficient (Wildman–Crippen LogP) is 3.37. The Labute approximate surface area is 89.0 Å². The number of benzene rings is 1. The van der Waals surface area contributed by atoms with Crippen molar-refractivity contribution in [1.29, 1.82) is 0 Å². The van der Waals surface area contributed by atoms with Gasteiger partial charge in [0.1, 0.15) is 0 Å². The molecule has 0 radical (unpaired) electrons. The molecule has 0 atom stereocenters. The van der Waals surface area contributed by atoms with Gasteiger partial charge in [-0.1, -0.05) is 33.6 Å². The summed E-state index contributed by atoms with van der Waals surface area (Å²) in [6.07, 6.45) is 0. The second-order valence-electron chi connectivity index (χ2n) is 2.61. The van der Waals surface area contributed by atoms with Crippen LogP contribution in [0.2, 0.25) is 5.02 Å². The molecule has 13 heavy (non-hydrogen) atoms. The van der Waals surface area contributed by atoms with Gasteiger partial charge in [-0.2, -0.15) is 0 Å². The highest BCUT2D eigenvalue weighted by molar-refractivity contribution is 9.09. The van der Waals surface area contributed by atoms with Crippen molar-refractivity contribution >= 4 is 33.3 Å². The van der Waals surface area contributed by atoms with E-state index < -0.39 is 5.82 Å². The van der Waals surface area contributed by atoms with Crippen molar-refractivity contribution in [2.45, 2.75) is 6.92 Å². The first-order valence-electron chi connectivity index (χ1n) is 3.61. The van der Waals surface area contributed by atoms with Crippen molar-refractivity contribution in [3.8, 4) is 0 Å². The number of carbonyl (C=O) groups is 1. The standard InChI is InChI=1S/C9H7BrClFO/c1-5-2-3-6(11)9(12)8(5)7(13)4-10/h2-3H,4H2,1H3. The van der Waals surface area contributed by atoms with Crippen LogP contribution in [0.4, 0.5) is 4.39 Å². The second-order valence-corrected chi connectivity index (χ2v) is 3.58. The third kappa shape index (κ3) is 2.09. The molecule has 0 N–H and O–H groups in total. The molecular formula is C9H7BrClFO. The van der Waals surface area contributed by atoms with Crippen LogP contribution in [0.3, 0.4) is 0 Å². The highest BCUT2D eigenvalue weighted by Crippen LogP contribution is 2.22. The average Bonchev–Trinajstić information content (AvgIpc) is 2.12. The minimum Gasteiger partial charge on any atom is -0.293 e. The van der Waals surface area contributed by atoms with E-state index in [4.69, 9.17) is 11.6 Å². The van der Waals surface area contributed by atoms with Crippen LogP contribution in [0, 0.1) is 12.7 Å². The maximum absolute atomic E-state index is 13.3. The molecule has 1 aromatic rings. The quantitative estimate of drug-likeness (QED) is 0.592. The summed E-state index contributed by atoms with van der Waals surface area (Å²) in [7, 11) is 0. The molecule has 0 aromatic heterocycles. The van der Waals surface area contributed by atoms with E-state index >= 15 is 0 Å². The summed E-state index contributed by atoms with van der Waals surface area (Å²) in [5.41, 5.74) is 0.677. The first-order valence-corrected chi connectivity index (χ1v) is 5.11. The molecule has 70 valence electrons. The van der Waals surface area contributed by atoms with Crippen LogP contribution in [-0.2, 0) is 0 Å². The van der Waals surface area contributed by atoms with Crippen LogP contribution < -0.4 is 0 Å². The summed E-state index contributed by atoms with van der Waals surface area (Å²) in [5.74, 6) is -0.927. The number of aryl methyl sites for hydroxylation is 1. The first kappa shape index (κ1) is 10.7. The molecule has 0 unspecified atom stereocenters. The number of carbonyl (C=O) groups excluding carboxylic acids is 1. The molecule has 0 amide bonds. The Hall–Kier alpha value is -0.410. The van der Waals surface area contributed by atoms with E-state index in [1.165, 1.54) is 6.07 Å². The molecule has 0 saturated carbocycles. The zero-order valence-corrected chi connectivity index (χ0v) is 9.25. The number of ketones is 1. The number of Topliss-reactive ketones (excluding diaryl/α,β-unsaturated/α-hetero) is 1. The fraction of sp³-hybridized carbons (Fsp3) is 0.222. The third-order valence-electron chi connectivity index (χ3n) is 1.70. The topological polar surface area (TPSA) is 17.1 Å². The Morgan fingerprint density at radius 1 is 1.62 bits per heavy atom. The number of rotatable bonds is 2. The Morgan fingerprint density at radius 3 is 2.77 bits per heavy atom. The molecule has 0 aliphatic carbocycles. The summed E-state index contributed by atoms with van der Waals surface area (Å²) in [4.78, 5) is 11.3. The first-order chi connectivity index (χ1) is 6.07. The van der Waals surface area contributed by atoms with E-state index in [0.717, 1.165) is 0 Å². The number of alkyl halides is 1. The number of halogens is 3. The fourth-order valence-corrected chi connectivity index (χ4v) is 1.49. The molecule has 0 aliphatic rings. The highest BCUT2D eigenvalue weighted by atomic mass is 79.9. The van der Waals surface area contributed by atoms with Crippen molar-refractivity contribution in [2.75, 3.05) is 5.33 Å². The Kier molecular flexibility index (Phi) is 3.45. The molecule has 1 aromatic carbocycles. The highest BCUT2D eigenvalue weighted by Gasteiger charge is 2.15. The summed E-state index contributed by atoms with van der Waals surface area (Å²) in [6, 6.07) is 3.07. The Balaban J connectivity index is 3.33. The number of hydrogen-bond donors (Lipinski definition) is 0. The van der Waals surface area contributed by atoms with Gasteiger partial charge in [-0.3, -0.25) is 4.79 Å². The van der Waals surface area contributed by atoms with Gasteiger partial charge in [-0.25, -0.2) is 4.39 Å². The van der Waals surface area contributed by atoms with Gasteiger partial charge >= 0.3 is 0 Å². The van der Waals surface area contributed by atoms with Crippen molar-refractivity contribution in [1.82, 2.24) is 0 Å². The summed E-state index contributed by atoms with van der Waals surface area (Å²) in [5, 5.41) is 0.0837. The van der Waals surface area contributed by atoms with Crippen molar-refractivity contribution in [3.05, 3.63) is 34.1 Å². The smallest absolute Gasteiger partial charge is 0.176 e. The van der Waals surface area contributed by atoms with Crippen LogP contribution >= 0.6 is 27.5 Å². The van der Waals surface area contributed by atoms with Crippen LogP contribution in [0.25, 0.3) is 0 Å². The van der Waals surface area contributed by atoms with Crippen LogP contribution in [0.15, 0.2) is 12.1 Å². The van der Waals surface area contributed by atoms with Gasteiger partial charge in [-0.05, 0) is 18.6 Å². The van der Waals surface area contributed by atoms with Gasteiger partial charge < -0.3 is 0 Å². The summed E-state index contributed by atoms with van der Waals surface area (Å²) < 4.78 is 13.3. The lowest BCUT2D eigenvalue weighted by atomic mass is 10.1. The van der Waals surface area contributed by atoms with Crippen molar-refractivity contribution < 1.29 is 9.18 Å². The third-order valence-corrected chi connectivity index (χ3v) is 2.50. The van der Waals surface area contributed by atoms with Gasteiger partial charge in [-0.15, -0.1) is 0 Å². The minimum atomic E-state index is -0.633. The average molecular weight is 266 g/mol. The minimum absolute atomic E-state index is 0.0186. The molecule has 0 spiro atoms. The van der Waals surface area contributed by atoms with E-state index in [2.05, 4.69) is 15.9 Å². The van der Waals surface area contributed by atoms with E-state index in [-0.39, 0.29) is 21.7 Å². The van der Waals surface area contributed by atoms with Gasteiger partial charge in [0.05, 0.1) is 15.9 Å². The van der Waals surface area contributed by atoms with Gasteiger partial charge in [0.15, 0.2) is 11.6 Å². The zero-order valence-electron chi connectivity index (χ0n) is 6.90. The van der Waals surface area contributed by atoms with Crippen LogP contribution in [0.5, 0.6) is 0 Å². The van der Waals surface area contributed by atoms with Crippen LogP contribution in [0.1, 0.15) is 15.9 Å². The molecule has 0 bridgehead atoms. The fourth-order valence-electron chi connectivity index (χ4n) is 1.06. The lowest BCUT2D eigenvalue weighted by molar-refractivity contribution is 0.101. The molecule has 4 heteroatoms. The Morgan fingerprint density at radius 2 is 2.23 bits per heavy atom. The summed E-state index contributed by atoms with van der Waals surface area (Å²) >= 11 is 8.53. The molecule has 0 saturated heterocycles. The largest absolute Gasteiger partial charge is 0.293 e. The predicted molar refractivity (Wildman–Crippen MR) is 54.3 cm³/mol. The summed E-state index contributed by atoms with van der Waals surface area (Å²) in [6.45, 7) is 1.68. The normalized spacial score (nSPS) is 10.2. The molecule has 1 nitrogen and oxygen atoms in total. The second kappa shape index (κ2) is 4.20. The maximum atomic E-state index is 13.3. The monoisotopic (exact) mass is 264 g/mol. The van der Waals surface area contributed by atoms with Gasteiger partial charge in [0.2, 0.25) is 0 Å². The van der Waals surface area contributed by atoms with E-state index in [1.807, 2.05) is 0 Å². The maximum Gasteiger partial charge on any atom is 0.176 e. The van der Waals surface area contributed by atoms with Crippen molar-refractivity contribution in [2.24, 2.45) is 0 Å². The molecule has 0 aliphatic heterocycles. The van der Waals surface area contributed by atoms with Crippen LogP contribution in [-0.4, -0.2) is 11.1 Å². The Bertz CT molecular complexity index is 352. The van der Waals surface area contributed by atoms with E-state index in [0.29, 0.717) is 5.56 Å². The lowest BCUT2D eigenvalue weighted by Gasteiger charge is -2.05. The van der Waals surface area contributed by atoms with Crippen molar-refractivity contribution in [3.63, 3.8) is 0 Å². The van der Waals surface area contributed by atoms with Gasteiger partial charge in [0.25, 0.3) is 0 Å². The zero-order chi connectivity index (χ0) is 10.0. The van der Waals surface area contributed by atoms with Gasteiger partial charge in [0, 0.05) is 0 Å². The molecular weight excluding hydrogens is 258 g/mol. The molecule has 1 rings (SSSR count). The molecule has 0 heterocycles. The van der Waals surface area contributed by atoms with E-state index in [9.17, 15) is 9.18 Å². The van der Waals surface area contributed by atoms with E-state index in [1.54, 1.807) is 13.0 Å².